The van der Waals surface area contributed by atoms with Gasteiger partial charge in [-0.3, -0.25) is 5.10 Å². The molecule has 0 saturated carbocycles. The van der Waals surface area contributed by atoms with Crippen LogP contribution < -0.4 is 0 Å². The first-order valence-electron chi connectivity index (χ1n) is 2.48. The zero-order valence-corrected chi connectivity index (χ0v) is 4.63. The van der Waals surface area contributed by atoms with Gasteiger partial charge >= 0.3 is 0 Å². The Morgan fingerprint density at radius 1 is 1.88 bits per heavy atom. The van der Waals surface area contributed by atoms with Crippen LogP contribution in [0.5, 0.6) is 0 Å². The summed E-state index contributed by atoms with van der Waals surface area (Å²) in [4.78, 5) is 0. The zero-order chi connectivity index (χ0) is 5.98. The highest BCUT2D eigenvalue weighted by Gasteiger charge is 1.97. The Kier molecular flexibility index (Phi) is 1.30. The molecule has 1 atom stereocenters. The minimum Gasteiger partial charge on any atom is -0.387 e. The maximum atomic E-state index is 8.84. The number of aromatic amines is 1. The number of hydrogen-bond donors (Lipinski definition) is 2. The highest BCUT2D eigenvalue weighted by molar-refractivity contribution is 4.99. The molecule has 1 rings (SSSR count). The van der Waals surface area contributed by atoms with Crippen LogP contribution in [0.3, 0.4) is 0 Å². The largest absolute Gasteiger partial charge is 0.387 e. The molecule has 0 aliphatic carbocycles. The van der Waals surface area contributed by atoms with Gasteiger partial charge in [0.25, 0.3) is 0 Å². The molecule has 0 aromatic carbocycles. The van der Waals surface area contributed by atoms with E-state index < -0.39 is 6.10 Å². The van der Waals surface area contributed by atoms with Gasteiger partial charge in [-0.25, -0.2) is 0 Å². The molecule has 0 spiro atoms. The van der Waals surface area contributed by atoms with Crippen LogP contribution in [0.15, 0.2) is 12.3 Å². The number of rotatable bonds is 1. The van der Waals surface area contributed by atoms with E-state index >= 15 is 0 Å². The van der Waals surface area contributed by atoms with Crippen molar-refractivity contribution >= 4 is 0 Å². The normalized spacial score (nSPS) is 13.8. The van der Waals surface area contributed by atoms with E-state index in [1.54, 1.807) is 19.2 Å². The van der Waals surface area contributed by atoms with Crippen molar-refractivity contribution in [1.29, 1.82) is 0 Å². The van der Waals surface area contributed by atoms with Gasteiger partial charge in [0.15, 0.2) is 0 Å². The first-order valence-corrected chi connectivity index (χ1v) is 2.48. The molecule has 1 aromatic heterocycles. The Labute approximate surface area is 47.4 Å². The molecule has 1 heterocycles. The first-order chi connectivity index (χ1) is 3.80. The lowest BCUT2D eigenvalue weighted by Gasteiger charge is -1.95. The number of aliphatic hydroxyl groups is 1. The van der Waals surface area contributed by atoms with Crippen molar-refractivity contribution in [3.63, 3.8) is 0 Å². The fourth-order valence-electron chi connectivity index (χ4n) is 0.499. The van der Waals surface area contributed by atoms with Crippen LogP contribution in [-0.4, -0.2) is 15.3 Å². The van der Waals surface area contributed by atoms with Crippen LogP contribution in [0.4, 0.5) is 0 Å². The van der Waals surface area contributed by atoms with E-state index in [1.807, 2.05) is 0 Å². The second-order valence-electron chi connectivity index (χ2n) is 1.69. The number of H-pyrrole nitrogens is 1. The summed E-state index contributed by atoms with van der Waals surface area (Å²) in [5.41, 5.74) is 0.755. The average molecular weight is 112 g/mol. The molecule has 0 aliphatic heterocycles. The summed E-state index contributed by atoms with van der Waals surface area (Å²) < 4.78 is 0. The molecule has 0 amide bonds. The standard InChI is InChI=1S/C5H8N2O/c1-4(8)5-2-3-6-7-5/h2-4,8H,1H3,(H,6,7)/t4-/m0/s1. The quantitative estimate of drug-likeness (QED) is 0.554. The van der Waals surface area contributed by atoms with Crippen LogP contribution in [0.2, 0.25) is 0 Å². The van der Waals surface area contributed by atoms with Crippen molar-refractivity contribution in [2.45, 2.75) is 13.0 Å². The van der Waals surface area contributed by atoms with E-state index in [1.165, 1.54) is 0 Å². The summed E-state index contributed by atoms with van der Waals surface area (Å²) in [5.74, 6) is 0. The maximum Gasteiger partial charge on any atom is 0.0926 e. The summed E-state index contributed by atoms with van der Waals surface area (Å²) >= 11 is 0. The molecule has 0 saturated heterocycles. The van der Waals surface area contributed by atoms with Gasteiger partial charge in [-0.1, -0.05) is 0 Å². The molecule has 0 aliphatic rings. The first kappa shape index (κ1) is 5.31. The highest BCUT2D eigenvalue weighted by Crippen LogP contribution is 2.04. The molecule has 0 bridgehead atoms. The van der Waals surface area contributed by atoms with E-state index in [2.05, 4.69) is 10.2 Å². The maximum absolute atomic E-state index is 8.84. The molecule has 8 heavy (non-hydrogen) atoms. The Balaban J connectivity index is 2.77. The van der Waals surface area contributed by atoms with E-state index in [-0.39, 0.29) is 0 Å². The Bertz CT molecular complexity index is 145. The molecular formula is C5H8N2O. The van der Waals surface area contributed by atoms with Gasteiger partial charge in [0.05, 0.1) is 11.8 Å². The summed E-state index contributed by atoms with van der Waals surface area (Å²) in [7, 11) is 0. The van der Waals surface area contributed by atoms with E-state index in [4.69, 9.17) is 5.11 Å². The number of nitrogens with one attached hydrogen (secondary N) is 1. The van der Waals surface area contributed by atoms with Gasteiger partial charge in [0.1, 0.15) is 0 Å². The Hall–Kier alpha value is -0.830. The Morgan fingerprint density at radius 2 is 2.62 bits per heavy atom. The molecule has 2 N–H and O–H groups in total. The summed E-state index contributed by atoms with van der Waals surface area (Å²) in [6.07, 6.45) is 1.18. The van der Waals surface area contributed by atoms with Gasteiger partial charge in [0.2, 0.25) is 0 Å². The van der Waals surface area contributed by atoms with Crippen LogP contribution in [0.25, 0.3) is 0 Å². The second kappa shape index (κ2) is 1.96. The van der Waals surface area contributed by atoms with Gasteiger partial charge in [-0.05, 0) is 13.0 Å². The topological polar surface area (TPSA) is 48.9 Å². The minimum atomic E-state index is -0.433. The van der Waals surface area contributed by atoms with Gasteiger partial charge < -0.3 is 5.11 Å². The SMILES string of the molecule is C[C@H](O)c1ccn[nH]1. The monoisotopic (exact) mass is 112 g/mol. The highest BCUT2D eigenvalue weighted by atomic mass is 16.3. The summed E-state index contributed by atoms with van der Waals surface area (Å²) in [6, 6.07) is 1.74. The molecular weight excluding hydrogens is 104 g/mol. The predicted octanol–water partition coefficient (Wildman–Crippen LogP) is 0.463. The van der Waals surface area contributed by atoms with Gasteiger partial charge in [-0.15, -0.1) is 0 Å². The van der Waals surface area contributed by atoms with E-state index in [9.17, 15) is 0 Å². The van der Waals surface area contributed by atoms with Crippen molar-refractivity contribution in [3.8, 4) is 0 Å². The summed E-state index contributed by atoms with van der Waals surface area (Å²) in [6.45, 7) is 1.69. The third-order valence-corrected chi connectivity index (χ3v) is 0.972. The van der Waals surface area contributed by atoms with Crippen LogP contribution in [0.1, 0.15) is 18.7 Å². The zero-order valence-electron chi connectivity index (χ0n) is 4.63. The minimum absolute atomic E-state index is 0.433. The Morgan fingerprint density at radius 3 is 2.88 bits per heavy atom. The lowest BCUT2D eigenvalue weighted by molar-refractivity contribution is 0.194. The molecule has 0 radical (unpaired) electrons. The molecule has 3 nitrogen and oxygen atoms in total. The lowest BCUT2D eigenvalue weighted by atomic mass is 10.3. The van der Waals surface area contributed by atoms with Crippen molar-refractivity contribution in [3.05, 3.63) is 18.0 Å². The molecule has 0 fully saturated rings. The van der Waals surface area contributed by atoms with E-state index in [0.29, 0.717) is 0 Å². The fraction of sp³-hybridized carbons (Fsp3) is 0.400. The third-order valence-electron chi connectivity index (χ3n) is 0.972. The average Bonchev–Trinajstić information content (AvgIpc) is 2.12. The van der Waals surface area contributed by atoms with Crippen molar-refractivity contribution < 1.29 is 5.11 Å². The third kappa shape index (κ3) is 0.869. The van der Waals surface area contributed by atoms with Crippen LogP contribution in [0, 0.1) is 0 Å². The molecule has 1 aromatic rings. The number of aliphatic hydroxyl groups excluding tert-OH is 1. The second-order valence-corrected chi connectivity index (χ2v) is 1.69. The van der Waals surface area contributed by atoms with Crippen LogP contribution >= 0.6 is 0 Å². The van der Waals surface area contributed by atoms with Gasteiger partial charge in [0, 0.05) is 6.20 Å². The molecule has 3 heteroatoms. The van der Waals surface area contributed by atoms with Crippen LogP contribution in [-0.2, 0) is 0 Å². The summed E-state index contributed by atoms with van der Waals surface area (Å²) in [5, 5.41) is 15.1. The van der Waals surface area contributed by atoms with Crippen molar-refractivity contribution in [2.75, 3.05) is 0 Å². The molecule has 0 unspecified atom stereocenters. The predicted molar refractivity (Wildman–Crippen MR) is 29.2 cm³/mol. The number of hydrogen-bond acceptors (Lipinski definition) is 2. The van der Waals surface area contributed by atoms with Crippen molar-refractivity contribution in [1.82, 2.24) is 10.2 Å². The van der Waals surface area contributed by atoms with Crippen molar-refractivity contribution in [2.24, 2.45) is 0 Å². The van der Waals surface area contributed by atoms with E-state index in [0.717, 1.165) is 5.69 Å². The van der Waals surface area contributed by atoms with Gasteiger partial charge in [-0.2, -0.15) is 5.10 Å². The fourth-order valence-corrected chi connectivity index (χ4v) is 0.499. The molecule has 44 valence electrons. The smallest absolute Gasteiger partial charge is 0.0926 e. The number of nitrogens with zero attached hydrogens (tertiary/aromatic N) is 1. The number of aromatic nitrogens is 2. The lowest BCUT2D eigenvalue weighted by Crippen LogP contribution is -1.89.